The molecule has 0 saturated carbocycles. The van der Waals surface area contributed by atoms with Gasteiger partial charge in [0.25, 0.3) is 0 Å². The minimum absolute atomic E-state index is 1.22. The van der Waals surface area contributed by atoms with Gasteiger partial charge in [0.05, 0.1) is 0 Å². The van der Waals surface area contributed by atoms with Gasteiger partial charge in [-0.2, -0.15) is 0 Å². The lowest BCUT2D eigenvalue weighted by molar-refractivity contribution is 1.25. The molecule has 0 nitrogen and oxygen atoms in total. The molecule has 0 N–H and O–H groups in total. The fourth-order valence-electron chi connectivity index (χ4n) is 9.32. The monoisotopic (exact) mass is 714 g/mol. The van der Waals surface area contributed by atoms with Gasteiger partial charge in [0.15, 0.2) is 0 Å². The minimum atomic E-state index is 1.22. The summed E-state index contributed by atoms with van der Waals surface area (Å²) in [6.07, 6.45) is 0. The normalized spacial score (nSPS) is 11.6. The third-order valence-electron chi connectivity index (χ3n) is 12.2. The molecule has 0 spiro atoms. The molecular weight excluding hydrogens is 673 g/mol. The van der Waals surface area contributed by atoms with Gasteiger partial charge in [-0.1, -0.05) is 176 Å². The van der Waals surface area contributed by atoms with E-state index in [-0.39, 0.29) is 0 Å². The summed E-state index contributed by atoms with van der Waals surface area (Å²) in [7, 11) is 0. The quantitative estimate of drug-likeness (QED) is 0.156. The van der Waals surface area contributed by atoms with E-state index in [1.165, 1.54) is 121 Å². The summed E-state index contributed by atoms with van der Waals surface area (Å²) in [5.41, 5.74) is 18.0. The lowest BCUT2D eigenvalue weighted by Crippen LogP contribution is -1.98. The Balaban J connectivity index is 1.22. The molecule has 0 unspecified atom stereocenters. The van der Waals surface area contributed by atoms with Crippen LogP contribution in [0.15, 0.2) is 182 Å². The van der Waals surface area contributed by atoms with E-state index in [0.717, 1.165) is 0 Å². The second-order valence-corrected chi connectivity index (χ2v) is 15.3. The molecule has 0 heteroatoms. The standard InChI is InChI=1S/C56H42/c1-35-33-36(2)38(4)52(37(35)3)56-48-25-15-13-23-46(48)53(47-24-14-16-26-49(47)56)41-27-29-42(30-28-41)54-44-21-11-12-22-45(44)55(40-19-9-6-10-20-40)51-34-43(31-32-50(51)54)39-17-7-5-8-18-39/h5-34H,1-4H3. The van der Waals surface area contributed by atoms with Crippen LogP contribution in [0.1, 0.15) is 22.3 Å². The van der Waals surface area contributed by atoms with Crippen LogP contribution in [-0.2, 0) is 0 Å². The highest BCUT2D eigenvalue weighted by Crippen LogP contribution is 2.48. The zero-order valence-electron chi connectivity index (χ0n) is 32.3. The number of hydrogen-bond acceptors (Lipinski definition) is 0. The van der Waals surface area contributed by atoms with Gasteiger partial charge in [-0.3, -0.25) is 0 Å². The first-order valence-corrected chi connectivity index (χ1v) is 19.7. The van der Waals surface area contributed by atoms with Gasteiger partial charge < -0.3 is 0 Å². The van der Waals surface area contributed by atoms with Crippen molar-refractivity contribution in [2.24, 2.45) is 0 Å². The summed E-state index contributed by atoms with van der Waals surface area (Å²) in [6, 6.07) is 67.4. The smallest absolute Gasteiger partial charge is 0.00208 e. The van der Waals surface area contributed by atoms with Crippen molar-refractivity contribution in [3.05, 3.63) is 204 Å². The SMILES string of the molecule is Cc1cc(C)c(C)c(-c2c3ccccc3c(-c3ccc(-c4c5ccccc5c(-c5ccccc5)c5cc(-c6ccccc6)ccc45)cc3)c3ccccc23)c1C. The molecule has 0 aliphatic carbocycles. The highest BCUT2D eigenvalue weighted by atomic mass is 14.2. The lowest BCUT2D eigenvalue weighted by Gasteiger charge is -2.22. The number of benzene rings is 10. The van der Waals surface area contributed by atoms with E-state index in [1.807, 2.05) is 0 Å². The molecule has 56 heavy (non-hydrogen) atoms. The third-order valence-corrected chi connectivity index (χ3v) is 12.2. The Morgan fingerprint density at radius 1 is 0.214 bits per heavy atom. The van der Waals surface area contributed by atoms with Crippen LogP contribution in [0.5, 0.6) is 0 Å². The van der Waals surface area contributed by atoms with Crippen molar-refractivity contribution in [2.45, 2.75) is 27.7 Å². The van der Waals surface area contributed by atoms with E-state index >= 15 is 0 Å². The van der Waals surface area contributed by atoms with Gasteiger partial charge in [0, 0.05) is 0 Å². The fourth-order valence-corrected chi connectivity index (χ4v) is 9.32. The molecule has 0 heterocycles. The Kier molecular flexibility index (Phi) is 8.15. The summed E-state index contributed by atoms with van der Waals surface area (Å²) < 4.78 is 0. The number of fused-ring (bicyclic) bond motifs is 4. The van der Waals surface area contributed by atoms with E-state index in [2.05, 4.69) is 210 Å². The summed E-state index contributed by atoms with van der Waals surface area (Å²) in [5.74, 6) is 0. The number of aryl methyl sites for hydroxylation is 2. The molecule has 0 radical (unpaired) electrons. The Hall–Kier alpha value is -6.76. The van der Waals surface area contributed by atoms with Crippen molar-refractivity contribution in [1.82, 2.24) is 0 Å². The molecule has 0 saturated heterocycles. The van der Waals surface area contributed by atoms with Crippen molar-refractivity contribution in [3.8, 4) is 55.6 Å². The van der Waals surface area contributed by atoms with E-state index in [1.54, 1.807) is 0 Å². The second-order valence-electron chi connectivity index (χ2n) is 15.3. The maximum atomic E-state index is 2.40. The van der Waals surface area contributed by atoms with Gasteiger partial charge in [0.2, 0.25) is 0 Å². The van der Waals surface area contributed by atoms with E-state index in [0.29, 0.717) is 0 Å². The van der Waals surface area contributed by atoms with Crippen molar-refractivity contribution in [3.63, 3.8) is 0 Å². The Morgan fingerprint density at radius 2 is 0.536 bits per heavy atom. The van der Waals surface area contributed by atoms with Crippen LogP contribution in [0.2, 0.25) is 0 Å². The molecule has 0 aromatic heterocycles. The summed E-state index contributed by atoms with van der Waals surface area (Å²) in [5, 5.41) is 10.2. The number of hydrogen-bond donors (Lipinski definition) is 0. The van der Waals surface area contributed by atoms with Gasteiger partial charge >= 0.3 is 0 Å². The van der Waals surface area contributed by atoms with Crippen LogP contribution in [0.25, 0.3) is 98.7 Å². The van der Waals surface area contributed by atoms with Gasteiger partial charge in [0.1, 0.15) is 0 Å². The summed E-state index contributed by atoms with van der Waals surface area (Å²) >= 11 is 0. The molecular formula is C56H42. The molecule has 10 aromatic rings. The van der Waals surface area contributed by atoms with Crippen molar-refractivity contribution in [1.29, 1.82) is 0 Å². The molecule has 10 rings (SSSR count). The number of rotatable bonds is 5. The minimum Gasteiger partial charge on any atom is -0.0622 e. The van der Waals surface area contributed by atoms with Gasteiger partial charge in [-0.25, -0.2) is 0 Å². The molecule has 0 aliphatic heterocycles. The molecule has 0 amide bonds. The highest BCUT2D eigenvalue weighted by Gasteiger charge is 2.21. The molecule has 0 bridgehead atoms. The fraction of sp³-hybridized carbons (Fsp3) is 0.0714. The van der Waals surface area contributed by atoms with Crippen LogP contribution < -0.4 is 0 Å². The summed E-state index contributed by atoms with van der Waals surface area (Å²) in [4.78, 5) is 0. The van der Waals surface area contributed by atoms with Crippen molar-refractivity contribution < 1.29 is 0 Å². The van der Waals surface area contributed by atoms with Crippen LogP contribution in [0.4, 0.5) is 0 Å². The van der Waals surface area contributed by atoms with Crippen LogP contribution >= 0.6 is 0 Å². The molecule has 10 aromatic carbocycles. The predicted octanol–water partition coefficient (Wildman–Crippen LogP) is 15.9. The third kappa shape index (κ3) is 5.36. The zero-order valence-corrected chi connectivity index (χ0v) is 32.3. The van der Waals surface area contributed by atoms with Crippen LogP contribution in [0, 0.1) is 27.7 Å². The molecule has 266 valence electrons. The summed E-state index contributed by atoms with van der Waals surface area (Å²) in [6.45, 7) is 9.07. The average Bonchev–Trinajstić information content (AvgIpc) is 3.25. The van der Waals surface area contributed by atoms with Crippen molar-refractivity contribution >= 4 is 43.1 Å². The van der Waals surface area contributed by atoms with Gasteiger partial charge in [-0.05, 0) is 155 Å². The zero-order chi connectivity index (χ0) is 37.9. The van der Waals surface area contributed by atoms with Crippen molar-refractivity contribution in [2.75, 3.05) is 0 Å². The topological polar surface area (TPSA) is 0 Å². The Bertz CT molecular complexity index is 3050. The average molecular weight is 715 g/mol. The Labute approximate surface area is 329 Å². The Morgan fingerprint density at radius 3 is 0.982 bits per heavy atom. The lowest BCUT2D eigenvalue weighted by atomic mass is 9.81. The molecule has 0 aliphatic rings. The van der Waals surface area contributed by atoms with E-state index in [4.69, 9.17) is 0 Å². The molecule has 0 atom stereocenters. The van der Waals surface area contributed by atoms with Gasteiger partial charge in [-0.15, -0.1) is 0 Å². The van der Waals surface area contributed by atoms with Crippen LogP contribution in [0.3, 0.4) is 0 Å². The van der Waals surface area contributed by atoms with E-state index < -0.39 is 0 Å². The highest BCUT2D eigenvalue weighted by molar-refractivity contribution is 6.23. The second kappa shape index (κ2) is 13.5. The molecule has 0 fully saturated rings. The first-order chi connectivity index (χ1) is 27.5. The predicted molar refractivity (Wildman–Crippen MR) is 243 cm³/mol. The first kappa shape index (κ1) is 33.8. The largest absolute Gasteiger partial charge is 0.0622 e. The van der Waals surface area contributed by atoms with Crippen LogP contribution in [-0.4, -0.2) is 0 Å². The maximum absolute atomic E-state index is 2.40. The van der Waals surface area contributed by atoms with E-state index in [9.17, 15) is 0 Å². The first-order valence-electron chi connectivity index (χ1n) is 19.7. The maximum Gasteiger partial charge on any atom is -0.00208 e.